The fourth-order valence-electron chi connectivity index (χ4n) is 3.17. The molecule has 0 saturated carbocycles. The highest BCUT2D eigenvalue weighted by atomic mass is 14.9. The maximum Gasteiger partial charge on any atom is 0.153 e. The van der Waals surface area contributed by atoms with E-state index in [1.807, 2.05) is 44.3 Å². The van der Waals surface area contributed by atoms with E-state index in [1.54, 1.807) is 31.0 Å². The Balaban J connectivity index is 1.49. The molecule has 0 aliphatic rings. The van der Waals surface area contributed by atoms with Crippen LogP contribution in [0.3, 0.4) is 0 Å². The Morgan fingerprint density at radius 2 is 1.77 bits per heavy atom. The number of rotatable bonds is 5. The predicted octanol–water partition coefficient (Wildman–Crippen LogP) is 3.84. The van der Waals surface area contributed by atoms with Crippen molar-refractivity contribution in [1.29, 1.82) is 0 Å². The lowest BCUT2D eigenvalue weighted by atomic mass is 10.0. The van der Waals surface area contributed by atoms with Crippen LogP contribution in [-0.4, -0.2) is 30.8 Å². The van der Waals surface area contributed by atoms with Crippen molar-refractivity contribution in [3.8, 4) is 22.5 Å². The van der Waals surface area contributed by atoms with Crippen LogP contribution in [0, 0.1) is 13.8 Å². The minimum absolute atomic E-state index is 0.475. The van der Waals surface area contributed by atoms with Crippen molar-refractivity contribution >= 4 is 11.7 Å². The predicted molar refractivity (Wildman–Crippen MR) is 117 cm³/mol. The fraction of sp³-hybridized carbons (Fsp3) is 0.130. The molecule has 0 atom stereocenters. The quantitative estimate of drug-likeness (QED) is 0.407. The fourth-order valence-corrected chi connectivity index (χ4v) is 3.17. The van der Waals surface area contributed by atoms with Crippen LogP contribution in [-0.2, 0) is 6.42 Å². The van der Waals surface area contributed by atoms with Crippen LogP contribution >= 0.6 is 0 Å². The van der Waals surface area contributed by atoms with Gasteiger partial charge in [-0.2, -0.15) is 0 Å². The minimum atomic E-state index is 0.475. The zero-order valence-corrected chi connectivity index (χ0v) is 16.8. The molecule has 0 aliphatic carbocycles. The van der Waals surface area contributed by atoms with Gasteiger partial charge >= 0.3 is 0 Å². The molecule has 0 aromatic carbocycles. The number of aromatic nitrogens is 5. The largest absolute Gasteiger partial charge is 0.387 e. The smallest absolute Gasteiger partial charge is 0.153 e. The summed E-state index contributed by atoms with van der Waals surface area (Å²) in [4.78, 5) is 26.0. The van der Waals surface area contributed by atoms with Crippen molar-refractivity contribution in [1.82, 2.24) is 24.9 Å². The Bertz CT molecular complexity index is 1190. The second kappa shape index (κ2) is 8.57. The highest BCUT2D eigenvalue weighted by Crippen LogP contribution is 2.22. The van der Waals surface area contributed by atoms with Crippen LogP contribution in [0.25, 0.3) is 22.5 Å². The van der Waals surface area contributed by atoms with Crippen molar-refractivity contribution in [2.75, 3.05) is 0 Å². The molecule has 148 valence electrons. The Morgan fingerprint density at radius 3 is 2.47 bits per heavy atom. The SMILES string of the molecule is Cc1cc(-c2ncc(CC(N)=Nc3ccc(-c4cnccn4)cn3)cc2C)ccn1. The average molecular weight is 395 g/mol. The first kappa shape index (κ1) is 19.3. The van der Waals surface area contributed by atoms with E-state index >= 15 is 0 Å². The third-order valence-electron chi connectivity index (χ3n) is 4.56. The summed E-state index contributed by atoms with van der Waals surface area (Å²) in [6, 6.07) is 9.80. The van der Waals surface area contributed by atoms with Crippen molar-refractivity contribution in [2.45, 2.75) is 20.3 Å². The first-order valence-corrected chi connectivity index (χ1v) is 9.52. The topological polar surface area (TPSA) is 103 Å². The molecule has 7 heteroatoms. The highest BCUT2D eigenvalue weighted by Gasteiger charge is 2.07. The van der Waals surface area contributed by atoms with E-state index in [9.17, 15) is 0 Å². The van der Waals surface area contributed by atoms with E-state index in [0.717, 1.165) is 39.3 Å². The van der Waals surface area contributed by atoms with E-state index in [0.29, 0.717) is 18.1 Å². The Kier molecular flexibility index (Phi) is 5.52. The zero-order chi connectivity index (χ0) is 20.9. The molecule has 4 aromatic rings. The number of nitrogens with zero attached hydrogens (tertiary/aromatic N) is 6. The second-order valence-corrected chi connectivity index (χ2v) is 6.97. The van der Waals surface area contributed by atoms with Gasteiger partial charge in [-0.05, 0) is 49.2 Å². The first-order valence-electron chi connectivity index (χ1n) is 9.52. The standard InChI is InChI=1S/C23H21N7/c1-15-9-17(12-29-23(15)18-5-6-26-16(2)10-18)11-21(24)30-22-4-3-19(13-28-22)20-14-25-7-8-27-20/h3-10,12-14H,11H2,1-2H3,(H2,24,28,30). The molecule has 0 aliphatic heterocycles. The van der Waals surface area contributed by atoms with Crippen LogP contribution in [0.1, 0.15) is 16.8 Å². The summed E-state index contributed by atoms with van der Waals surface area (Å²) >= 11 is 0. The molecule has 0 fully saturated rings. The molecule has 30 heavy (non-hydrogen) atoms. The zero-order valence-electron chi connectivity index (χ0n) is 16.8. The molecule has 7 nitrogen and oxygen atoms in total. The van der Waals surface area contributed by atoms with Gasteiger partial charge in [0.15, 0.2) is 5.82 Å². The van der Waals surface area contributed by atoms with Gasteiger partial charge in [0.25, 0.3) is 0 Å². The molecule has 0 spiro atoms. The number of pyridine rings is 3. The second-order valence-electron chi connectivity index (χ2n) is 6.97. The van der Waals surface area contributed by atoms with E-state index in [2.05, 4.69) is 36.0 Å². The van der Waals surface area contributed by atoms with Crippen LogP contribution < -0.4 is 5.73 Å². The maximum absolute atomic E-state index is 6.16. The Hall–Kier alpha value is -4.00. The van der Waals surface area contributed by atoms with E-state index in [1.165, 1.54) is 0 Å². The number of nitrogens with two attached hydrogens (primary N) is 1. The van der Waals surface area contributed by atoms with Gasteiger partial charge in [-0.1, -0.05) is 6.07 Å². The van der Waals surface area contributed by atoms with Gasteiger partial charge in [-0.3, -0.25) is 19.9 Å². The summed E-state index contributed by atoms with van der Waals surface area (Å²) < 4.78 is 0. The van der Waals surface area contributed by atoms with E-state index in [-0.39, 0.29) is 0 Å². The lowest BCUT2D eigenvalue weighted by molar-refractivity contribution is 1.15. The van der Waals surface area contributed by atoms with Crippen LogP contribution in [0.15, 0.2) is 72.5 Å². The normalized spacial score (nSPS) is 11.5. The van der Waals surface area contributed by atoms with Crippen LogP contribution in [0.2, 0.25) is 0 Å². The van der Waals surface area contributed by atoms with Crippen LogP contribution in [0.5, 0.6) is 0 Å². The van der Waals surface area contributed by atoms with Gasteiger partial charge < -0.3 is 5.73 Å². The van der Waals surface area contributed by atoms with Crippen molar-refractivity contribution in [3.05, 3.63) is 84.3 Å². The summed E-state index contributed by atoms with van der Waals surface area (Å²) in [5, 5.41) is 0. The van der Waals surface area contributed by atoms with Gasteiger partial charge in [0.05, 0.1) is 17.6 Å². The minimum Gasteiger partial charge on any atom is -0.387 e. The molecular formula is C23H21N7. The third kappa shape index (κ3) is 4.52. The van der Waals surface area contributed by atoms with Gasteiger partial charge in [0.1, 0.15) is 5.84 Å². The molecule has 2 N–H and O–H groups in total. The molecule has 4 heterocycles. The Morgan fingerprint density at radius 1 is 0.867 bits per heavy atom. The number of hydrogen-bond donors (Lipinski definition) is 1. The third-order valence-corrected chi connectivity index (χ3v) is 4.56. The number of aryl methyl sites for hydroxylation is 2. The first-order chi connectivity index (χ1) is 14.6. The summed E-state index contributed by atoms with van der Waals surface area (Å²) in [7, 11) is 0. The summed E-state index contributed by atoms with van der Waals surface area (Å²) in [5.74, 6) is 1.03. The highest BCUT2D eigenvalue weighted by molar-refractivity contribution is 5.85. The van der Waals surface area contributed by atoms with E-state index in [4.69, 9.17) is 5.73 Å². The van der Waals surface area contributed by atoms with Gasteiger partial charge in [0.2, 0.25) is 0 Å². The van der Waals surface area contributed by atoms with Crippen molar-refractivity contribution in [3.63, 3.8) is 0 Å². The lowest BCUT2D eigenvalue weighted by Crippen LogP contribution is -2.15. The molecule has 0 unspecified atom stereocenters. The molecule has 4 rings (SSSR count). The van der Waals surface area contributed by atoms with Gasteiger partial charge in [-0.25, -0.2) is 9.98 Å². The maximum atomic E-state index is 6.16. The molecule has 0 saturated heterocycles. The molecule has 0 bridgehead atoms. The van der Waals surface area contributed by atoms with Crippen LogP contribution in [0.4, 0.5) is 5.82 Å². The molecule has 0 amide bonds. The average Bonchev–Trinajstić information content (AvgIpc) is 2.75. The molecular weight excluding hydrogens is 374 g/mol. The van der Waals surface area contributed by atoms with Gasteiger partial charge in [0, 0.05) is 54.2 Å². The van der Waals surface area contributed by atoms with Crippen molar-refractivity contribution < 1.29 is 0 Å². The molecule has 4 aromatic heterocycles. The summed E-state index contributed by atoms with van der Waals surface area (Å²) in [5.41, 5.74) is 12.8. The summed E-state index contributed by atoms with van der Waals surface area (Å²) in [6.45, 7) is 4.01. The van der Waals surface area contributed by atoms with Gasteiger partial charge in [-0.15, -0.1) is 0 Å². The number of hydrogen-bond acceptors (Lipinski definition) is 6. The molecule has 0 radical (unpaired) electrons. The Labute approximate surface area is 174 Å². The van der Waals surface area contributed by atoms with E-state index < -0.39 is 0 Å². The summed E-state index contributed by atoms with van der Waals surface area (Å²) in [6.07, 6.45) is 10.8. The lowest BCUT2D eigenvalue weighted by Gasteiger charge is -2.08. The number of amidine groups is 1. The monoisotopic (exact) mass is 395 g/mol. The van der Waals surface area contributed by atoms with Crippen molar-refractivity contribution in [2.24, 2.45) is 10.7 Å². The number of aliphatic imine (C=N–C) groups is 1.